The first-order valence-corrected chi connectivity index (χ1v) is 6.31. The van der Waals surface area contributed by atoms with E-state index in [9.17, 15) is 13.2 Å². The first-order valence-electron chi connectivity index (χ1n) is 5.53. The summed E-state index contributed by atoms with van der Waals surface area (Å²) in [5, 5.41) is 2.52. The summed E-state index contributed by atoms with van der Waals surface area (Å²) in [4.78, 5) is 7.84. The summed E-state index contributed by atoms with van der Waals surface area (Å²) in [7, 11) is 0. The van der Waals surface area contributed by atoms with Crippen LogP contribution in [0.15, 0.2) is 30.6 Å². The third kappa shape index (κ3) is 3.79. The second kappa shape index (κ2) is 5.82. The van der Waals surface area contributed by atoms with Crippen molar-refractivity contribution in [2.45, 2.75) is 6.18 Å². The van der Waals surface area contributed by atoms with Gasteiger partial charge in [-0.25, -0.2) is 9.97 Å². The highest BCUT2D eigenvalue weighted by Crippen LogP contribution is 2.37. The second-order valence-electron chi connectivity index (χ2n) is 3.96. The highest BCUT2D eigenvalue weighted by Gasteiger charge is 2.33. The van der Waals surface area contributed by atoms with Crippen LogP contribution < -0.4 is 11.1 Å². The summed E-state index contributed by atoms with van der Waals surface area (Å²) in [5.41, 5.74) is 4.57. The molecule has 2 aromatic rings. The molecule has 0 saturated heterocycles. The number of aromatic nitrogens is 2. The van der Waals surface area contributed by atoms with Gasteiger partial charge in [-0.05, 0) is 18.2 Å². The Bertz CT molecular complexity index is 673. The third-order valence-corrected chi connectivity index (χ3v) is 2.90. The number of thiocarbonyl (C=S) groups is 1. The van der Waals surface area contributed by atoms with Crippen molar-refractivity contribution in [1.29, 1.82) is 0 Å². The standard InChI is InChI=1S/C12H8ClF3N4S/c13-6-1-2-8(7(3-6)12(14,15)16)20-10-5-18-9(4-19-10)11(17)21/h1-5H,(H2,17,21)(H,19,20). The van der Waals surface area contributed by atoms with Crippen molar-refractivity contribution in [3.05, 3.63) is 46.9 Å². The van der Waals surface area contributed by atoms with Gasteiger partial charge in [-0.15, -0.1) is 0 Å². The van der Waals surface area contributed by atoms with Crippen molar-refractivity contribution < 1.29 is 13.2 Å². The molecule has 0 aliphatic carbocycles. The number of hydrogen-bond donors (Lipinski definition) is 2. The van der Waals surface area contributed by atoms with Crippen molar-refractivity contribution in [3.8, 4) is 0 Å². The Morgan fingerprint density at radius 1 is 1.24 bits per heavy atom. The van der Waals surface area contributed by atoms with E-state index >= 15 is 0 Å². The molecule has 0 saturated carbocycles. The number of nitrogens with two attached hydrogens (primary N) is 1. The number of nitrogens with one attached hydrogen (secondary N) is 1. The molecule has 0 fully saturated rings. The molecule has 0 amide bonds. The number of rotatable bonds is 3. The summed E-state index contributed by atoms with van der Waals surface area (Å²) in [6.45, 7) is 0. The van der Waals surface area contributed by atoms with E-state index in [1.54, 1.807) is 0 Å². The summed E-state index contributed by atoms with van der Waals surface area (Å²) >= 11 is 10.3. The maximum atomic E-state index is 12.9. The van der Waals surface area contributed by atoms with E-state index < -0.39 is 11.7 Å². The van der Waals surface area contributed by atoms with Crippen LogP contribution in [0, 0.1) is 0 Å². The zero-order valence-electron chi connectivity index (χ0n) is 10.3. The molecule has 1 aromatic heterocycles. The number of halogens is 4. The topological polar surface area (TPSA) is 63.8 Å². The highest BCUT2D eigenvalue weighted by molar-refractivity contribution is 7.80. The Morgan fingerprint density at radius 2 is 1.95 bits per heavy atom. The Kier molecular flexibility index (Phi) is 4.29. The second-order valence-corrected chi connectivity index (χ2v) is 4.84. The van der Waals surface area contributed by atoms with Crippen molar-refractivity contribution >= 4 is 40.3 Å². The lowest BCUT2D eigenvalue weighted by molar-refractivity contribution is -0.136. The van der Waals surface area contributed by atoms with Gasteiger partial charge in [-0.3, -0.25) is 0 Å². The van der Waals surface area contributed by atoms with Crippen molar-refractivity contribution in [2.75, 3.05) is 5.32 Å². The van der Waals surface area contributed by atoms with Gasteiger partial charge < -0.3 is 11.1 Å². The van der Waals surface area contributed by atoms with E-state index in [-0.39, 0.29) is 27.2 Å². The predicted octanol–water partition coefficient (Wildman–Crippen LogP) is 3.53. The normalized spacial score (nSPS) is 11.2. The molecule has 0 unspecified atom stereocenters. The Hall–Kier alpha value is -1.93. The molecule has 1 heterocycles. The van der Waals surface area contributed by atoms with Crippen LogP contribution in [-0.2, 0) is 6.18 Å². The van der Waals surface area contributed by atoms with Gasteiger partial charge >= 0.3 is 6.18 Å². The van der Waals surface area contributed by atoms with E-state index in [2.05, 4.69) is 15.3 Å². The van der Waals surface area contributed by atoms with Crippen molar-refractivity contribution in [1.82, 2.24) is 9.97 Å². The van der Waals surface area contributed by atoms with Gasteiger partial charge in [0.25, 0.3) is 0 Å². The summed E-state index contributed by atoms with van der Waals surface area (Å²) in [6.07, 6.45) is -2.03. The average molecular weight is 333 g/mol. The SMILES string of the molecule is NC(=S)c1cnc(Nc2ccc(Cl)cc2C(F)(F)F)cn1. The average Bonchev–Trinajstić information content (AvgIpc) is 2.40. The first-order chi connectivity index (χ1) is 9.77. The molecule has 0 atom stereocenters. The zero-order chi connectivity index (χ0) is 15.6. The fraction of sp³-hybridized carbons (Fsp3) is 0.0833. The maximum absolute atomic E-state index is 12.9. The molecule has 3 N–H and O–H groups in total. The van der Waals surface area contributed by atoms with Crippen LogP contribution in [0.4, 0.5) is 24.7 Å². The van der Waals surface area contributed by atoms with Crippen molar-refractivity contribution in [2.24, 2.45) is 5.73 Å². The van der Waals surface area contributed by atoms with Gasteiger partial charge in [0.1, 0.15) is 16.5 Å². The summed E-state index contributed by atoms with van der Waals surface area (Å²) in [6, 6.07) is 3.39. The molecule has 4 nitrogen and oxygen atoms in total. The van der Waals surface area contributed by atoms with Crippen LogP contribution in [0.3, 0.4) is 0 Å². The molecular formula is C12H8ClF3N4S. The minimum absolute atomic E-state index is 0.0113. The zero-order valence-corrected chi connectivity index (χ0v) is 11.9. The fourth-order valence-corrected chi connectivity index (χ4v) is 1.80. The smallest absolute Gasteiger partial charge is 0.388 e. The number of benzene rings is 1. The molecule has 0 aliphatic rings. The van der Waals surface area contributed by atoms with E-state index in [0.717, 1.165) is 6.07 Å². The molecule has 1 aromatic carbocycles. The molecule has 2 rings (SSSR count). The Labute approximate surface area is 128 Å². The van der Waals surface area contributed by atoms with Gasteiger partial charge in [0.2, 0.25) is 0 Å². The minimum atomic E-state index is -4.54. The van der Waals surface area contributed by atoms with Crippen LogP contribution in [-0.4, -0.2) is 15.0 Å². The molecule has 21 heavy (non-hydrogen) atoms. The maximum Gasteiger partial charge on any atom is 0.418 e. The van der Waals surface area contributed by atoms with E-state index in [0.29, 0.717) is 0 Å². The van der Waals surface area contributed by atoms with E-state index in [1.165, 1.54) is 24.5 Å². The van der Waals surface area contributed by atoms with Crippen LogP contribution in [0.25, 0.3) is 0 Å². The molecule has 110 valence electrons. The predicted molar refractivity (Wildman–Crippen MR) is 77.7 cm³/mol. The van der Waals surface area contributed by atoms with Crippen LogP contribution in [0.2, 0.25) is 5.02 Å². The molecule has 0 bridgehead atoms. The monoisotopic (exact) mass is 332 g/mol. The molecule has 9 heteroatoms. The Balaban J connectivity index is 2.33. The number of anilines is 2. The molecule has 0 spiro atoms. The Morgan fingerprint density at radius 3 is 2.48 bits per heavy atom. The largest absolute Gasteiger partial charge is 0.418 e. The summed E-state index contributed by atoms with van der Waals surface area (Å²) in [5.74, 6) is 0.128. The molecular weight excluding hydrogens is 325 g/mol. The molecule has 0 radical (unpaired) electrons. The first kappa shape index (κ1) is 15.5. The van der Waals surface area contributed by atoms with Crippen LogP contribution in [0.1, 0.15) is 11.3 Å². The van der Waals surface area contributed by atoms with Gasteiger partial charge in [0.05, 0.1) is 23.6 Å². The number of nitrogens with zero attached hydrogens (tertiary/aromatic N) is 2. The highest BCUT2D eigenvalue weighted by atomic mass is 35.5. The van der Waals surface area contributed by atoms with E-state index in [4.69, 9.17) is 29.6 Å². The van der Waals surface area contributed by atoms with E-state index in [1.807, 2.05) is 0 Å². The third-order valence-electron chi connectivity index (χ3n) is 2.45. The lowest BCUT2D eigenvalue weighted by atomic mass is 10.1. The molecule has 0 aliphatic heterocycles. The van der Waals surface area contributed by atoms with Gasteiger partial charge in [-0.1, -0.05) is 23.8 Å². The van der Waals surface area contributed by atoms with Gasteiger partial charge in [0.15, 0.2) is 0 Å². The summed E-state index contributed by atoms with van der Waals surface area (Å²) < 4.78 is 38.8. The fourth-order valence-electron chi connectivity index (χ4n) is 1.52. The van der Waals surface area contributed by atoms with Crippen LogP contribution in [0.5, 0.6) is 0 Å². The van der Waals surface area contributed by atoms with Crippen LogP contribution >= 0.6 is 23.8 Å². The lowest BCUT2D eigenvalue weighted by Gasteiger charge is -2.14. The lowest BCUT2D eigenvalue weighted by Crippen LogP contribution is -2.13. The van der Waals surface area contributed by atoms with Gasteiger partial charge in [0, 0.05) is 5.02 Å². The quantitative estimate of drug-likeness (QED) is 0.842. The number of hydrogen-bond acceptors (Lipinski definition) is 4. The van der Waals surface area contributed by atoms with Crippen molar-refractivity contribution in [3.63, 3.8) is 0 Å². The minimum Gasteiger partial charge on any atom is -0.388 e. The number of alkyl halides is 3. The van der Waals surface area contributed by atoms with Gasteiger partial charge in [-0.2, -0.15) is 13.2 Å².